The lowest BCUT2D eigenvalue weighted by molar-refractivity contribution is 0.439. The molecule has 17 heavy (non-hydrogen) atoms. The summed E-state index contributed by atoms with van der Waals surface area (Å²) >= 11 is 0. The molecule has 1 fully saturated rings. The van der Waals surface area contributed by atoms with Crippen LogP contribution in [0.2, 0.25) is 0 Å². The van der Waals surface area contributed by atoms with E-state index >= 15 is 0 Å². The zero-order valence-corrected chi connectivity index (χ0v) is 9.82. The summed E-state index contributed by atoms with van der Waals surface area (Å²) < 4.78 is 5.39. The van der Waals surface area contributed by atoms with Gasteiger partial charge in [0, 0.05) is 11.5 Å². The first-order valence-electron chi connectivity index (χ1n) is 6.37. The normalized spacial score (nSPS) is 17.4. The molecule has 0 spiro atoms. The molecule has 2 nitrogen and oxygen atoms in total. The Morgan fingerprint density at radius 3 is 2.65 bits per heavy atom. The molecule has 0 atom stereocenters. The number of para-hydroxylation sites is 1. The second-order valence-electron chi connectivity index (χ2n) is 4.85. The molecule has 0 aliphatic heterocycles. The van der Waals surface area contributed by atoms with E-state index in [1.165, 1.54) is 43.7 Å². The van der Waals surface area contributed by atoms with Crippen LogP contribution < -0.4 is 5.63 Å². The van der Waals surface area contributed by atoms with Crippen LogP contribution in [-0.2, 0) is 0 Å². The van der Waals surface area contributed by atoms with Gasteiger partial charge in [0.1, 0.15) is 5.58 Å². The first-order valence-corrected chi connectivity index (χ1v) is 6.37. The Bertz CT molecular complexity index is 577. The first-order chi connectivity index (χ1) is 8.34. The predicted octanol–water partition coefficient (Wildman–Crippen LogP) is 3.84. The van der Waals surface area contributed by atoms with E-state index in [-0.39, 0.29) is 5.63 Å². The van der Waals surface area contributed by atoms with E-state index in [0.29, 0.717) is 5.92 Å². The van der Waals surface area contributed by atoms with Gasteiger partial charge in [-0.1, -0.05) is 37.5 Å². The quantitative estimate of drug-likeness (QED) is 0.694. The van der Waals surface area contributed by atoms with E-state index in [2.05, 4.69) is 12.1 Å². The third-order valence-electron chi connectivity index (χ3n) is 3.72. The molecular formula is C15H16O2. The molecule has 0 unspecified atom stereocenters. The van der Waals surface area contributed by atoms with E-state index in [0.717, 1.165) is 11.0 Å². The highest BCUT2D eigenvalue weighted by atomic mass is 16.4. The van der Waals surface area contributed by atoms with Crippen molar-refractivity contribution in [2.45, 2.75) is 38.0 Å². The minimum absolute atomic E-state index is 0.249. The first kappa shape index (κ1) is 10.6. The third kappa shape index (κ3) is 1.99. The monoisotopic (exact) mass is 228 g/mol. The molecule has 0 saturated heterocycles. The van der Waals surface area contributed by atoms with E-state index in [4.69, 9.17) is 4.42 Å². The molecule has 0 radical (unpaired) electrons. The topological polar surface area (TPSA) is 30.2 Å². The fourth-order valence-corrected chi connectivity index (χ4v) is 2.85. The Labute approximate surface area is 100 Å². The maximum atomic E-state index is 11.4. The summed E-state index contributed by atoms with van der Waals surface area (Å²) in [5, 5.41) is 1.03. The molecule has 1 aliphatic rings. The van der Waals surface area contributed by atoms with Crippen LogP contribution in [0.5, 0.6) is 0 Å². The lowest BCUT2D eigenvalue weighted by Gasteiger charge is -2.22. The van der Waals surface area contributed by atoms with Crippen molar-refractivity contribution >= 4 is 11.0 Å². The Balaban J connectivity index is 2.14. The molecular weight excluding hydrogens is 212 g/mol. The van der Waals surface area contributed by atoms with Gasteiger partial charge in [-0.05, 0) is 30.4 Å². The Hall–Kier alpha value is -1.57. The van der Waals surface area contributed by atoms with E-state index in [1.807, 2.05) is 12.1 Å². The largest absolute Gasteiger partial charge is 0.422 e. The average Bonchev–Trinajstić information content (AvgIpc) is 2.39. The number of rotatable bonds is 1. The number of hydrogen-bond donors (Lipinski definition) is 0. The summed E-state index contributed by atoms with van der Waals surface area (Å²) in [6.45, 7) is 0. The van der Waals surface area contributed by atoms with Crippen molar-refractivity contribution in [2.24, 2.45) is 0 Å². The standard InChI is InChI=1S/C15H16O2/c16-14-10-9-12-7-4-8-13(15(12)17-14)11-5-2-1-3-6-11/h4,7-11H,1-3,5-6H2. The highest BCUT2D eigenvalue weighted by Gasteiger charge is 2.18. The number of benzene rings is 1. The lowest BCUT2D eigenvalue weighted by atomic mass is 9.83. The maximum Gasteiger partial charge on any atom is 0.336 e. The van der Waals surface area contributed by atoms with E-state index in [1.54, 1.807) is 0 Å². The van der Waals surface area contributed by atoms with Crippen LogP contribution in [0.25, 0.3) is 11.0 Å². The number of fused-ring (bicyclic) bond motifs is 1. The van der Waals surface area contributed by atoms with Crippen molar-refractivity contribution in [3.05, 3.63) is 46.3 Å². The fourth-order valence-electron chi connectivity index (χ4n) is 2.85. The number of hydrogen-bond acceptors (Lipinski definition) is 2. The summed E-state index contributed by atoms with van der Waals surface area (Å²) in [5.41, 5.74) is 1.77. The van der Waals surface area contributed by atoms with Crippen molar-refractivity contribution < 1.29 is 4.42 Å². The minimum atomic E-state index is -0.249. The van der Waals surface area contributed by atoms with Gasteiger partial charge < -0.3 is 4.42 Å². The van der Waals surface area contributed by atoms with Crippen LogP contribution in [0.3, 0.4) is 0 Å². The zero-order valence-electron chi connectivity index (χ0n) is 9.82. The molecule has 1 heterocycles. The third-order valence-corrected chi connectivity index (χ3v) is 3.72. The highest BCUT2D eigenvalue weighted by Crippen LogP contribution is 2.35. The summed E-state index contributed by atoms with van der Waals surface area (Å²) in [6.07, 6.45) is 6.36. The van der Waals surface area contributed by atoms with Gasteiger partial charge >= 0.3 is 5.63 Å². The van der Waals surface area contributed by atoms with Gasteiger partial charge in [-0.25, -0.2) is 4.79 Å². The summed E-state index contributed by atoms with van der Waals surface area (Å²) in [4.78, 5) is 11.4. The van der Waals surface area contributed by atoms with Gasteiger partial charge in [-0.3, -0.25) is 0 Å². The molecule has 1 saturated carbocycles. The maximum absolute atomic E-state index is 11.4. The molecule has 1 aliphatic carbocycles. The van der Waals surface area contributed by atoms with Gasteiger partial charge in [-0.15, -0.1) is 0 Å². The molecule has 1 aromatic heterocycles. The van der Waals surface area contributed by atoms with Crippen molar-refractivity contribution in [3.8, 4) is 0 Å². The van der Waals surface area contributed by atoms with Crippen molar-refractivity contribution in [3.63, 3.8) is 0 Å². The highest BCUT2D eigenvalue weighted by molar-refractivity contribution is 5.80. The van der Waals surface area contributed by atoms with Crippen LogP contribution in [0.4, 0.5) is 0 Å². The molecule has 0 amide bonds. The minimum Gasteiger partial charge on any atom is -0.422 e. The average molecular weight is 228 g/mol. The van der Waals surface area contributed by atoms with Gasteiger partial charge in [0.25, 0.3) is 0 Å². The molecule has 3 rings (SSSR count). The lowest BCUT2D eigenvalue weighted by Crippen LogP contribution is -2.06. The fraction of sp³-hybridized carbons (Fsp3) is 0.400. The van der Waals surface area contributed by atoms with Crippen molar-refractivity contribution in [1.29, 1.82) is 0 Å². The molecule has 0 bridgehead atoms. The summed E-state index contributed by atoms with van der Waals surface area (Å²) in [7, 11) is 0. The van der Waals surface area contributed by atoms with Crippen LogP contribution >= 0.6 is 0 Å². The SMILES string of the molecule is O=c1ccc2cccc(C3CCCCC3)c2o1. The summed E-state index contributed by atoms with van der Waals surface area (Å²) in [5.74, 6) is 0.568. The Kier molecular flexibility index (Phi) is 2.71. The van der Waals surface area contributed by atoms with Crippen LogP contribution in [-0.4, -0.2) is 0 Å². The second-order valence-corrected chi connectivity index (χ2v) is 4.85. The Morgan fingerprint density at radius 2 is 1.82 bits per heavy atom. The van der Waals surface area contributed by atoms with Crippen LogP contribution in [0, 0.1) is 0 Å². The van der Waals surface area contributed by atoms with Crippen LogP contribution in [0.1, 0.15) is 43.6 Å². The molecule has 2 aromatic rings. The second kappa shape index (κ2) is 4.36. The van der Waals surface area contributed by atoms with Crippen molar-refractivity contribution in [2.75, 3.05) is 0 Å². The van der Waals surface area contributed by atoms with Gasteiger partial charge in [0.2, 0.25) is 0 Å². The summed E-state index contributed by atoms with van der Waals surface area (Å²) in [6, 6.07) is 9.53. The van der Waals surface area contributed by atoms with Gasteiger partial charge in [0.05, 0.1) is 0 Å². The van der Waals surface area contributed by atoms with E-state index < -0.39 is 0 Å². The van der Waals surface area contributed by atoms with Crippen molar-refractivity contribution in [1.82, 2.24) is 0 Å². The van der Waals surface area contributed by atoms with Gasteiger partial charge in [0.15, 0.2) is 0 Å². The van der Waals surface area contributed by atoms with Crippen LogP contribution in [0.15, 0.2) is 39.5 Å². The Morgan fingerprint density at radius 1 is 1.00 bits per heavy atom. The predicted molar refractivity (Wildman–Crippen MR) is 68.3 cm³/mol. The molecule has 1 aromatic carbocycles. The van der Waals surface area contributed by atoms with E-state index in [9.17, 15) is 4.79 Å². The molecule has 88 valence electrons. The molecule has 2 heteroatoms. The van der Waals surface area contributed by atoms with Gasteiger partial charge in [-0.2, -0.15) is 0 Å². The zero-order chi connectivity index (χ0) is 11.7. The smallest absolute Gasteiger partial charge is 0.336 e. The molecule has 0 N–H and O–H groups in total.